The number of amides is 1. The van der Waals surface area contributed by atoms with E-state index in [1.807, 2.05) is 13.8 Å². The number of aliphatic hydroxyl groups excluding tert-OH is 1. The fraction of sp³-hybridized carbons (Fsp3) is 0.917. The second-order valence-corrected chi connectivity index (χ2v) is 4.28. The Bertz CT molecular complexity index is 212. The summed E-state index contributed by atoms with van der Waals surface area (Å²) >= 11 is 0. The third-order valence-corrected chi connectivity index (χ3v) is 2.18. The molecule has 0 aromatic rings. The third-order valence-electron chi connectivity index (χ3n) is 2.18. The summed E-state index contributed by atoms with van der Waals surface area (Å²) < 4.78 is 10.5. The molecule has 6 nitrogen and oxygen atoms in total. The average molecular weight is 262 g/mol. The molecule has 1 amide bonds. The van der Waals surface area contributed by atoms with Gasteiger partial charge in [-0.05, 0) is 13.8 Å². The summed E-state index contributed by atoms with van der Waals surface area (Å²) in [5, 5.41) is 15.1. The molecule has 0 radical (unpaired) electrons. The fourth-order valence-electron chi connectivity index (χ4n) is 1.22. The predicted octanol–water partition coefficient (Wildman–Crippen LogP) is -0.485. The van der Waals surface area contributed by atoms with Gasteiger partial charge >= 0.3 is 0 Å². The Kier molecular flexibility index (Phi) is 11.0. The highest BCUT2D eigenvalue weighted by Crippen LogP contribution is 1.89. The molecule has 3 N–H and O–H groups in total. The molecule has 0 spiro atoms. The lowest BCUT2D eigenvalue weighted by Gasteiger charge is -2.13. The van der Waals surface area contributed by atoms with Crippen molar-refractivity contribution in [2.45, 2.75) is 32.5 Å². The van der Waals surface area contributed by atoms with Crippen LogP contribution in [0.1, 0.15) is 20.3 Å². The van der Waals surface area contributed by atoms with E-state index in [2.05, 4.69) is 10.6 Å². The highest BCUT2D eigenvalue weighted by Gasteiger charge is 2.04. The minimum atomic E-state index is -0.561. The van der Waals surface area contributed by atoms with E-state index in [4.69, 9.17) is 9.47 Å². The molecule has 18 heavy (non-hydrogen) atoms. The van der Waals surface area contributed by atoms with Crippen molar-refractivity contribution in [1.29, 1.82) is 0 Å². The summed E-state index contributed by atoms with van der Waals surface area (Å²) in [6.07, 6.45) is 0.0467. The van der Waals surface area contributed by atoms with E-state index in [0.717, 1.165) is 0 Å². The van der Waals surface area contributed by atoms with E-state index >= 15 is 0 Å². The standard InChI is InChI=1S/C12H26N2O4/c1-10(2)18-7-6-17-9-11(15)8-14-5-4-12(16)13-3/h10-11,14-15H,4-9H2,1-3H3,(H,13,16). The maximum absolute atomic E-state index is 10.9. The lowest BCUT2D eigenvalue weighted by molar-refractivity contribution is -0.120. The number of carbonyl (C=O) groups excluding carboxylic acids is 1. The van der Waals surface area contributed by atoms with Crippen LogP contribution < -0.4 is 10.6 Å². The van der Waals surface area contributed by atoms with Gasteiger partial charge in [0.05, 0.1) is 32.0 Å². The Hall–Kier alpha value is -0.690. The molecule has 1 atom stereocenters. The maximum Gasteiger partial charge on any atom is 0.221 e. The molecular weight excluding hydrogens is 236 g/mol. The minimum Gasteiger partial charge on any atom is -0.389 e. The van der Waals surface area contributed by atoms with Crippen LogP contribution in [0.2, 0.25) is 0 Å². The lowest BCUT2D eigenvalue weighted by atomic mass is 10.3. The van der Waals surface area contributed by atoms with Crippen LogP contribution in [0.5, 0.6) is 0 Å². The summed E-state index contributed by atoms with van der Waals surface area (Å²) in [4.78, 5) is 10.9. The second kappa shape index (κ2) is 11.4. The molecular formula is C12H26N2O4. The van der Waals surface area contributed by atoms with Crippen LogP contribution in [-0.4, -0.2) is 63.2 Å². The van der Waals surface area contributed by atoms with Crippen LogP contribution in [0, 0.1) is 0 Å². The van der Waals surface area contributed by atoms with Gasteiger partial charge in [0.2, 0.25) is 5.91 Å². The van der Waals surface area contributed by atoms with Gasteiger partial charge in [0.25, 0.3) is 0 Å². The van der Waals surface area contributed by atoms with Crippen LogP contribution in [-0.2, 0) is 14.3 Å². The number of ether oxygens (including phenoxy) is 2. The predicted molar refractivity (Wildman–Crippen MR) is 69.5 cm³/mol. The lowest BCUT2D eigenvalue weighted by Crippen LogP contribution is -2.33. The number of aliphatic hydroxyl groups is 1. The summed E-state index contributed by atoms with van der Waals surface area (Å²) in [6, 6.07) is 0. The average Bonchev–Trinajstić information content (AvgIpc) is 2.33. The number of hydrogen-bond acceptors (Lipinski definition) is 5. The molecule has 0 saturated carbocycles. The van der Waals surface area contributed by atoms with E-state index in [-0.39, 0.29) is 18.6 Å². The van der Waals surface area contributed by atoms with Gasteiger partial charge in [-0.2, -0.15) is 0 Å². The van der Waals surface area contributed by atoms with Crippen molar-refractivity contribution >= 4 is 5.91 Å². The Morgan fingerprint density at radius 1 is 1.33 bits per heavy atom. The Labute approximate surface area is 109 Å². The summed E-state index contributed by atoms with van der Waals surface area (Å²) in [5.74, 6) is -0.0147. The monoisotopic (exact) mass is 262 g/mol. The van der Waals surface area contributed by atoms with Crippen LogP contribution in [0.4, 0.5) is 0 Å². The van der Waals surface area contributed by atoms with Crippen molar-refractivity contribution in [2.24, 2.45) is 0 Å². The Morgan fingerprint density at radius 2 is 2.06 bits per heavy atom. The van der Waals surface area contributed by atoms with Crippen molar-refractivity contribution < 1.29 is 19.4 Å². The Balaban J connectivity index is 3.27. The largest absolute Gasteiger partial charge is 0.389 e. The molecule has 0 aliphatic rings. The highest BCUT2D eigenvalue weighted by molar-refractivity contribution is 5.75. The van der Waals surface area contributed by atoms with E-state index in [9.17, 15) is 9.90 Å². The third kappa shape index (κ3) is 11.8. The molecule has 0 heterocycles. The van der Waals surface area contributed by atoms with Crippen molar-refractivity contribution in [1.82, 2.24) is 10.6 Å². The minimum absolute atomic E-state index is 0.0147. The molecule has 0 bridgehead atoms. The number of rotatable bonds is 11. The maximum atomic E-state index is 10.9. The van der Waals surface area contributed by atoms with Crippen LogP contribution in [0.25, 0.3) is 0 Å². The number of nitrogens with one attached hydrogen (secondary N) is 2. The van der Waals surface area contributed by atoms with Gasteiger partial charge < -0.3 is 25.2 Å². The highest BCUT2D eigenvalue weighted by atomic mass is 16.5. The van der Waals surface area contributed by atoms with Gasteiger partial charge in [-0.25, -0.2) is 0 Å². The SMILES string of the molecule is CNC(=O)CCNCC(O)COCCOC(C)C. The van der Waals surface area contributed by atoms with Crippen LogP contribution >= 0.6 is 0 Å². The first-order valence-corrected chi connectivity index (χ1v) is 6.35. The van der Waals surface area contributed by atoms with Gasteiger partial charge in [0.15, 0.2) is 0 Å². The van der Waals surface area contributed by atoms with Gasteiger partial charge in [-0.1, -0.05) is 0 Å². The molecule has 6 heteroatoms. The fourth-order valence-corrected chi connectivity index (χ4v) is 1.22. The first kappa shape index (κ1) is 17.3. The molecule has 108 valence electrons. The van der Waals surface area contributed by atoms with Crippen molar-refractivity contribution in [2.75, 3.05) is 40.0 Å². The zero-order valence-corrected chi connectivity index (χ0v) is 11.6. The normalized spacial score (nSPS) is 12.7. The second-order valence-electron chi connectivity index (χ2n) is 4.28. The first-order chi connectivity index (χ1) is 8.56. The van der Waals surface area contributed by atoms with Crippen molar-refractivity contribution in [3.8, 4) is 0 Å². The molecule has 0 saturated heterocycles. The first-order valence-electron chi connectivity index (χ1n) is 6.35. The zero-order valence-electron chi connectivity index (χ0n) is 11.6. The quantitative estimate of drug-likeness (QED) is 0.438. The zero-order chi connectivity index (χ0) is 13.8. The molecule has 1 unspecified atom stereocenters. The molecule has 0 aromatic carbocycles. The summed E-state index contributed by atoms with van der Waals surface area (Å²) in [6.45, 7) is 6.18. The van der Waals surface area contributed by atoms with E-state index in [0.29, 0.717) is 32.7 Å². The van der Waals surface area contributed by atoms with Gasteiger partial charge in [0, 0.05) is 26.6 Å². The van der Waals surface area contributed by atoms with E-state index in [1.165, 1.54) is 0 Å². The van der Waals surface area contributed by atoms with Crippen LogP contribution in [0.3, 0.4) is 0 Å². The molecule has 0 aromatic heterocycles. The Morgan fingerprint density at radius 3 is 2.67 bits per heavy atom. The summed E-state index contributed by atoms with van der Waals surface area (Å²) in [5.41, 5.74) is 0. The van der Waals surface area contributed by atoms with E-state index in [1.54, 1.807) is 7.05 Å². The topological polar surface area (TPSA) is 79.8 Å². The van der Waals surface area contributed by atoms with Gasteiger partial charge in [0.1, 0.15) is 0 Å². The smallest absolute Gasteiger partial charge is 0.221 e. The molecule has 0 fully saturated rings. The van der Waals surface area contributed by atoms with Crippen molar-refractivity contribution in [3.05, 3.63) is 0 Å². The van der Waals surface area contributed by atoms with Crippen LogP contribution in [0.15, 0.2) is 0 Å². The molecule has 0 aliphatic carbocycles. The molecule has 0 rings (SSSR count). The molecule has 0 aliphatic heterocycles. The number of carbonyl (C=O) groups is 1. The van der Waals surface area contributed by atoms with Crippen molar-refractivity contribution in [3.63, 3.8) is 0 Å². The number of hydrogen-bond donors (Lipinski definition) is 3. The summed E-state index contributed by atoms with van der Waals surface area (Å²) in [7, 11) is 1.60. The van der Waals surface area contributed by atoms with Gasteiger partial charge in [-0.3, -0.25) is 4.79 Å². The van der Waals surface area contributed by atoms with Gasteiger partial charge in [-0.15, -0.1) is 0 Å². The van der Waals surface area contributed by atoms with E-state index < -0.39 is 6.10 Å².